The summed E-state index contributed by atoms with van der Waals surface area (Å²) in [5.74, 6) is -0.111. The Kier molecular flexibility index (Phi) is 4.50. The normalized spacial score (nSPS) is 9.94. The predicted octanol–water partition coefficient (Wildman–Crippen LogP) is 2.59. The van der Waals surface area contributed by atoms with E-state index >= 15 is 0 Å². The molecule has 1 aromatic carbocycles. The Labute approximate surface area is 99.4 Å². The van der Waals surface area contributed by atoms with Gasteiger partial charge in [0.2, 0.25) is 0 Å². The van der Waals surface area contributed by atoms with Crippen LogP contribution in [0, 0.1) is 6.92 Å². The van der Waals surface area contributed by atoms with E-state index in [1.807, 2.05) is 0 Å². The van der Waals surface area contributed by atoms with E-state index in [0.29, 0.717) is 23.4 Å². The molecule has 0 unspecified atom stereocenters. The topological polar surface area (TPSA) is 43.4 Å². The summed E-state index contributed by atoms with van der Waals surface area (Å²) in [7, 11) is 1.33. The number of carbonyl (C=O) groups excluding carboxylic acids is 2. The largest absolute Gasteiger partial charge is 0.465 e. The molecule has 0 N–H and O–H groups in total. The second-order valence-electron chi connectivity index (χ2n) is 3.38. The highest BCUT2D eigenvalue weighted by atomic mass is 35.5. The van der Waals surface area contributed by atoms with E-state index in [-0.39, 0.29) is 5.78 Å². The van der Waals surface area contributed by atoms with Gasteiger partial charge in [0.1, 0.15) is 0 Å². The Hall–Kier alpha value is -1.35. The maximum Gasteiger partial charge on any atom is 0.338 e. The molecule has 16 heavy (non-hydrogen) atoms. The molecule has 0 fully saturated rings. The fourth-order valence-corrected chi connectivity index (χ4v) is 1.58. The van der Waals surface area contributed by atoms with Gasteiger partial charge < -0.3 is 4.74 Å². The lowest BCUT2D eigenvalue weighted by Gasteiger charge is -2.05. The van der Waals surface area contributed by atoms with E-state index in [1.165, 1.54) is 7.11 Å². The highest BCUT2D eigenvalue weighted by Crippen LogP contribution is 2.14. The first-order valence-electron chi connectivity index (χ1n) is 4.88. The lowest BCUT2D eigenvalue weighted by atomic mass is 10.0. The van der Waals surface area contributed by atoms with Crippen LogP contribution in [0.2, 0.25) is 0 Å². The van der Waals surface area contributed by atoms with Crippen molar-refractivity contribution in [3.63, 3.8) is 0 Å². The second kappa shape index (κ2) is 5.66. The molecule has 0 amide bonds. The van der Waals surface area contributed by atoms with E-state index in [9.17, 15) is 9.59 Å². The summed E-state index contributed by atoms with van der Waals surface area (Å²) in [5, 5.41) is 0. The molecule has 0 atom stereocenters. The number of Topliss-reactive ketones (excluding diaryl/α,β-unsaturated/α-hetero) is 1. The van der Waals surface area contributed by atoms with Crippen molar-refractivity contribution in [3.8, 4) is 0 Å². The van der Waals surface area contributed by atoms with Crippen molar-refractivity contribution in [2.75, 3.05) is 13.0 Å². The van der Waals surface area contributed by atoms with Gasteiger partial charge >= 0.3 is 5.97 Å². The number of carbonyl (C=O) groups is 2. The Morgan fingerprint density at radius 1 is 1.38 bits per heavy atom. The number of hydrogen-bond donors (Lipinski definition) is 0. The van der Waals surface area contributed by atoms with Crippen LogP contribution in [0.15, 0.2) is 18.2 Å². The van der Waals surface area contributed by atoms with E-state index in [2.05, 4.69) is 4.74 Å². The molecule has 86 valence electrons. The van der Waals surface area contributed by atoms with Crippen LogP contribution < -0.4 is 0 Å². The van der Waals surface area contributed by atoms with E-state index in [0.717, 1.165) is 5.56 Å². The van der Waals surface area contributed by atoms with Crippen molar-refractivity contribution in [2.45, 2.75) is 13.3 Å². The summed E-state index contributed by atoms with van der Waals surface area (Å²) < 4.78 is 4.62. The summed E-state index contributed by atoms with van der Waals surface area (Å²) >= 11 is 5.50. The lowest BCUT2D eigenvalue weighted by Crippen LogP contribution is -2.06. The van der Waals surface area contributed by atoms with Crippen LogP contribution in [0.3, 0.4) is 0 Å². The smallest absolute Gasteiger partial charge is 0.338 e. The van der Waals surface area contributed by atoms with Gasteiger partial charge in [-0.25, -0.2) is 4.79 Å². The number of hydrogen-bond acceptors (Lipinski definition) is 3. The number of alkyl halides is 1. The molecule has 0 bridgehead atoms. The second-order valence-corrected chi connectivity index (χ2v) is 3.76. The third kappa shape index (κ3) is 2.83. The molecule has 3 nitrogen and oxygen atoms in total. The average molecular weight is 241 g/mol. The Bertz CT molecular complexity index is 413. The van der Waals surface area contributed by atoms with Crippen molar-refractivity contribution < 1.29 is 14.3 Å². The maximum atomic E-state index is 11.5. The molecule has 0 spiro atoms. The molecule has 0 aliphatic carbocycles. The predicted molar refractivity (Wildman–Crippen MR) is 62.2 cm³/mol. The first-order valence-corrected chi connectivity index (χ1v) is 5.41. The van der Waals surface area contributed by atoms with Gasteiger partial charge in [-0.05, 0) is 24.6 Å². The third-order valence-electron chi connectivity index (χ3n) is 2.28. The summed E-state index contributed by atoms with van der Waals surface area (Å²) in [6.45, 7) is 1.77. The highest BCUT2D eigenvalue weighted by Gasteiger charge is 2.12. The van der Waals surface area contributed by atoms with Gasteiger partial charge in [0.15, 0.2) is 5.78 Å². The van der Waals surface area contributed by atoms with Crippen molar-refractivity contribution in [1.29, 1.82) is 0 Å². The highest BCUT2D eigenvalue weighted by molar-refractivity contribution is 6.19. The van der Waals surface area contributed by atoms with E-state index in [1.54, 1.807) is 25.1 Å². The van der Waals surface area contributed by atoms with Crippen LogP contribution in [0.4, 0.5) is 0 Å². The molecule has 0 saturated carbocycles. The molecule has 0 aliphatic heterocycles. The molecule has 0 aromatic heterocycles. The van der Waals surface area contributed by atoms with Crippen molar-refractivity contribution in [1.82, 2.24) is 0 Å². The summed E-state index contributed by atoms with van der Waals surface area (Å²) in [5.41, 5.74) is 1.78. The summed E-state index contributed by atoms with van der Waals surface area (Å²) in [6, 6.07) is 4.90. The van der Waals surface area contributed by atoms with Crippen molar-refractivity contribution in [3.05, 3.63) is 34.9 Å². The molecule has 1 rings (SSSR count). The molecule has 0 heterocycles. The number of ketones is 1. The molecule has 4 heteroatoms. The lowest BCUT2D eigenvalue weighted by molar-refractivity contribution is 0.0599. The molecule has 0 radical (unpaired) electrons. The number of ether oxygens (including phenoxy) is 1. The first-order chi connectivity index (χ1) is 7.60. The van der Waals surface area contributed by atoms with Gasteiger partial charge in [-0.15, -0.1) is 11.6 Å². The summed E-state index contributed by atoms with van der Waals surface area (Å²) in [6.07, 6.45) is 0.304. The van der Waals surface area contributed by atoms with Gasteiger partial charge in [0.05, 0.1) is 12.7 Å². The van der Waals surface area contributed by atoms with E-state index < -0.39 is 5.97 Å². The zero-order valence-corrected chi connectivity index (χ0v) is 10.0. The Morgan fingerprint density at radius 3 is 2.56 bits per heavy atom. The fraction of sp³-hybridized carbons (Fsp3) is 0.333. The zero-order chi connectivity index (χ0) is 12.1. The minimum atomic E-state index is -0.395. The zero-order valence-electron chi connectivity index (χ0n) is 9.25. The number of methoxy groups -OCH3 is 1. The minimum absolute atomic E-state index is 0.0190. The average Bonchev–Trinajstić information content (AvgIpc) is 2.28. The molecule has 0 saturated heterocycles. The SMILES string of the molecule is COC(=O)c1ccc(C(=O)CCCl)cc1C. The van der Waals surface area contributed by atoms with Gasteiger partial charge in [0, 0.05) is 17.9 Å². The molecule has 1 aromatic rings. The molecular formula is C12H13ClO3. The maximum absolute atomic E-state index is 11.5. The van der Waals surface area contributed by atoms with Crippen molar-refractivity contribution in [2.24, 2.45) is 0 Å². The van der Waals surface area contributed by atoms with Crippen LogP contribution in [0.25, 0.3) is 0 Å². The quantitative estimate of drug-likeness (QED) is 0.462. The van der Waals surface area contributed by atoms with Crippen LogP contribution in [0.1, 0.15) is 32.7 Å². The monoisotopic (exact) mass is 240 g/mol. The standard InChI is InChI=1S/C12H13ClO3/c1-8-7-9(11(14)5-6-13)3-4-10(8)12(15)16-2/h3-4,7H,5-6H2,1-2H3. The van der Waals surface area contributed by atoms with E-state index in [4.69, 9.17) is 11.6 Å². The van der Waals surface area contributed by atoms with Crippen LogP contribution in [0.5, 0.6) is 0 Å². The molecule has 0 aliphatic rings. The van der Waals surface area contributed by atoms with Crippen LogP contribution in [-0.2, 0) is 4.74 Å². The van der Waals surface area contributed by atoms with Crippen LogP contribution >= 0.6 is 11.6 Å². The van der Waals surface area contributed by atoms with Gasteiger partial charge in [0.25, 0.3) is 0 Å². The van der Waals surface area contributed by atoms with Gasteiger partial charge in [-0.2, -0.15) is 0 Å². The number of halogens is 1. The number of benzene rings is 1. The van der Waals surface area contributed by atoms with Gasteiger partial charge in [-0.1, -0.05) is 6.07 Å². The minimum Gasteiger partial charge on any atom is -0.465 e. The van der Waals surface area contributed by atoms with Crippen LogP contribution in [-0.4, -0.2) is 24.7 Å². The van der Waals surface area contributed by atoms with Gasteiger partial charge in [-0.3, -0.25) is 4.79 Å². The molecular weight excluding hydrogens is 228 g/mol. The number of aryl methyl sites for hydroxylation is 1. The number of esters is 1. The Morgan fingerprint density at radius 2 is 2.06 bits per heavy atom. The first kappa shape index (κ1) is 12.7. The third-order valence-corrected chi connectivity index (χ3v) is 2.46. The summed E-state index contributed by atoms with van der Waals surface area (Å²) in [4.78, 5) is 22.9. The fourth-order valence-electron chi connectivity index (χ4n) is 1.41. The van der Waals surface area contributed by atoms with Crippen molar-refractivity contribution >= 4 is 23.4 Å². The number of rotatable bonds is 4. The Balaban J connectivity index is 2.99.